The van der Waals surface area contributed by atoms with Crippen LogP contribution in [-0.4, -0.2) is 28.6 Å². The number of carboxylic acid groups (broad SMARTS) is 1. The van der Waals surface area contributed by atoms with Gasteiger partial charge in [-0.15, -0.1) is 0 Å². The molecule has 20 heavy (non-hydrogen) atoms. The molecule has 0 radical (unpaired) electrons. The summed E-state index contributed by atoms with van der Waals surface area (Å²) in [6, 6.07) is 6.86. The molecule has 0 saturated carbocycles. The molecule has 5 heteroatoms. The van der Waals surface area contributed by atoms with E-state index in [9.17, 15) is 14.7 Å². The number of hydrogen-bond donors (Lipinski definition) is 3. The number of rotatable bonds is 7. The number of para-hydroxylation sites is 1. The molecule has 0 spiro atoms. The van der Waals surface area contributed by atoms with E-state index in [0.717, 1.165) is 0 Å². The minimum atomic E-state index is -0.902. The fraction of sp³-hybridized carbons (Fsp3) is 0.467. The Morgan fingerprint density at radius 2 is 1.90 bits per heavy atom. The smallest absolute Gasteiger partial charge is 0.308 e. The van der Waals surface area contributed by atoms with Gasteiger partial charge in [-0.05, 0) is 24.0 Å². The summed E-state index contributed by atoms with van der Waals surface area (Å²) in [5, 5.41) is 21.2. The highest BCUT2D eigenvalue weighted by molar-refractivity contribution is 5.77. The molecule has 110 valence electrons. The summed E-state index contributed by atoms with van der Waals surface area (Å²) in [6.45, 7) is 3.76. The topological polar surface area (TPSA) is 86.6 Å². The van der Waals surface area contributed by atoms with Gasteiger partial charge in [-0.25, -0.2) is 0 Å². The van der Waals surface area contributed by atoms with Crippen molar-refractivity contribution in [3.63, 3.8) is 0 Å². The molecule has 1 unspecified atom stereocenters. The number of carbonyl (C=O) groups is 2. The lowest BCUT2D eigenvalue weighted by molar-refractivity contribution is -0.143. The summed E-state index contributed by atoms with van der Waals surface area (Å²) < 4.78 is 0. The van der Waals surface area contributed by atoms with E-state index in [1.54, 1.807) is 24.3 Å². The van der Waals surface area contributed by atoms with Crippen molar-refractivity contribution in [3.05, 3.63) is 29.8 Å². The Labute approximate surface area is 118 Å². The first-order valence-electron chi connectivity index (χ1n) is 6.68. The molecule has 1 rings (SSSR count). The van der Waals surface area contributed by atoms with E-state index < -0.39 is 11.9 Å². The molecule has 0 fully saturated rings. The van der Waals surface area contributed by atoms with E-state index in [2.05, 4.69) is 5.32 Å². The molecule has 0 aliphatic rings. The third kappa shape index (κ3) is 4.91. The lowest BCUT2D eigenvalue weighted by Gasteiger charge is -2.16. The first-order valence-corrected chi connectivity index (χ1v) is 6.68. The Hall–Kier alpha value is -2.04. The van der Waals surface area contributed by atoms with Gasteiger partial charge in [-0.3, -0.25) is 9.59 Å². The maximum absolute atomic E-state index is 11.7. The van der Waals surface area contributed by atoms with Crippen LogP contribution in [0.3, 0.4) is 0 Å². The van der Waals surface area contributed by atoms with Crippen molar-refractivity contribution < 1.29 is 19.8 Å². The summed E-state index contributed by atoms with van der Waals surface area (Å²) in [6.07, 6.45) is 0.653. The summed E-state index contributed by atoms with van der Waals surface area (Å²) in [4.78, 5) is 22.7. The fourth-order valence-corrected chi connectivity index (χ4v) is 1.89. The molecule has 0 bridgehead atoms. The van der Waals surface area contributed by atoms with Crippen molar-refractivity contribution in [1.82, 2.24) is 5.32 Å². The number of benzene rings is 1. The zero-order chi connectivity index (χ0) is 15.1. The van der Waals surface area contributed by atoms with E-state index in [0.29, 0.717) is 12.0 Å². The van der Waals surface area contributed by atoms with Crippen LogP contribution in [0.5, 0.6) is 5.75 Å². The van der Waals surface area contributed by atoms with Gasteiger partial charge in [0.2, 0.25) is 5.91 Å². The average Bonchev–Trinajstić information content (AvgIpc) is 2.37. The molecule has 5 nitrogen and oxygen atoms in total. The highest BCUT2D eigenvalue weighted by atomic mass is 16.4. The molecule has 0 heterocycles. The molecule has 0 saturated heterocycles. The average molecular weight is 279 g/mol. The fourth-order valence-electron chi connectivity index (χ4n) is 1.89. The predicted octanol–water partition coefficient (Wildman–Crippen LogP) is 1.80. The van der Waals surface area contributed by atoms with Gasteiger partial charge in [0.05, 0.1) is 5.92 Å². The number of aliphatic carboxylic acids is 1. The van der Waals surface area contributed by atoms with Gasteiger partial charge in [0.25, 0.3) is 0 Å². The van der Waals surface area contributed by atoms with Crippen LogP contribution in [0.15, 0.2) is 24.3 Å². The second-order valence-electron chi connectivity index (χ2n) is 5.12. The Balaban J connectivity index is 2.41. The van der Waals surface area contributed by atoms with Gasteiger partial charge in [0.1, 0.15) is 5.75 Å². The van der Waals surface area contributed by atoms with Gasteiger partial charge < -0.3 is 15.5 Å². The number of hydrogen-bond acceptors (Lipinski definition) is 3. The van der Waals surface area contributed by atoms with Crippen LogP contribution >= 0.6 is 0 Å². The number of phenolic OH excluding ortho intramolecular Hbond substituents is 1. The van der Waals surface area contributed by atoms with Gasteiger partial charge in [-0.1, -0.05) is 32.0 Å². The van der Waals surface area contributed by atoms with Crippen LogP contribution in [0.2, 0.25) is 0 Å². The van der Waals surface area contributed by atoms with Crippen molar-refractivity contribution in [2.75, 3.05) is 6.54 Å². The van der Waals surface area contributed by atoms with Crippen LogP contribution < -0.4 is 5.32 Å². The van der Waals surface area contributed by atoms with Crippen molar-refractivity contribution in [2.45, 2.75) is 26.7 Å². The highest BCUT2D eigenvalue weighted by Gasteiger charge is 2.21. The maximum atomic E-state index is 11.7. The molecule has 0 aromatic heterocycles. The number of carbonyl (C=O) groups excluding carboxylic acids is 1. The van der Waals surface area contributed by atoms with Crippen LogP contribution in [0, 0.1) is 11.8 Å². The molecule has 3 N–H and O–H groups in total. The monoisotopic (exact) mass is 279 g/mol. The second-order valence-corrected chi connectivity index (χ2v) is 5.12. The largest absolute Gasteiger partial charge is 0.508 e. The third-order valence-corrected chi connectivity index (χ3v) is 3.25. The van der Waals surface area contributed by atoms with Gasteiger partial charge >= 0.3 is 5.97 Å². The molecule has 0 aliphatic heterocycles. The normalized spacial score (nSPS) is 12.2. The lowest BCUT2D eigenvalue weighted by Crippen LogP contribution is -2.35. The summed E-state index contributed by atoms with van der Waals surface area (Å²) >= 11 is 0. The first-order chi connectivity index (χ1) is 9.41. The SMILES string of the molecule is CC(C)C(CNC(=O)CCc1ccccc1O)C(=O)O. The Kier molecular flexibility index (Phi) is 6.03. The van der Waals surface area contributed by atoms with Crippen molar-refractivity contribution >= 4 is 11.9 Å². The van der Waals surface area contributed by atoms with Crippen LogP contribution in [-0.2, 0) is 16.0 Å². The highest BCUT2D eigenvalue weighted by Crippen LogP contribution is 2.17. The van der Waals surface area contributed by atoms with Crippen LogP contribution in [0.4, 0.5) is 0 Å². The van der Waals surface area contributed by atoms with Gasteiger partial charge in [-0.2, -0.15) is 0 Å². The Morgan fingerprint density at radius 1 is 1.25 bits per heavy atom. The van der Waals surface area contributed by atoms with Crippen molar-refractivity contribution in [1.29, 1.82) is 0 Å². The molecule has 1 amide bonds. The van der Waals surface area contributed by atoms with E-state index >= 15 is 0 Å². The molecule has 1 aromatic rings. The maximum Gasteiger partial charge on any atom is 0.308 e. The van der Waals surface area contributed by atoms with Crippen LogP contribution in [0.1, 0.15) is 25.8 Å². The molecular weight excluding hydrogens is 258 g/mol. The quantitative estimate of drug-likeness (QED) is 0.710. The zero-order valence-electron chi connectivity index (χ0n) is 11.8. The summed E-state index contributed by atoms with van der Waals surface area (Å²) in [7, 11) is 0. The second kappa shape index (κ2) is 7.53. The molecular formula is C15H21NO4. The summed E-state index contributed by atoms with van der Waals surface area (Å²) in [5.74, 6) is -1.55. The minimum Gasteiger partial charge on any atom is -0.508 e. The van der Waals surface area contributed by atoms with Gasteiger partial charge in [0, 0.05) is 13.0 Å². The predicted molar refractivity (Wildman–Crippen MR) is 75.4 cm³/mol. The number of phenols is 1. The standard InChI is InChI=1S/C15H21NO4/c1-10(2)12(15(19)20)9-16-14(18)8-7-11-5-3-4-6-13(11)17/h3-6,10,12,17H,7-9H2,1-2H3,(H,16,18)(H,19,20). The first kappa shape index (κ1) is 16.0. The van der Waals surface area contributed by atoms with Crippen molar-refractivity contribution in [3.8, 4) is 5.75 Å². The summed E-state index contributed by atoms with van der Waals surface area (Å²) in [5.41, 5.74) is 0.710. The van der Waals surface area contributed by atoms with Crippen LogP contribution in [0.25, 0.3) is 0 Å². The van der Waals surface area contributed by atoms with E-state index in [1.165, 1.54) is 0 Å². The number of aryl methyl sites for hydroxylation is 1. The molecule has 1 atom stereocenters. The number of amides is 1. The third-order valence-electron chi connectivity index (χ3n) is 3.25. The molecule has 1 aromatic carbocycles. The van der Waals surface area contributed by atoms with E-state index in [4.69, 9.17) is 5.11 Å². The zero-order valence-corrected chi connectivity index (χ0v) is 11.8. The molecule has 0 aliphatic carbocycles. The Morgan fingerprint density at radius 3 is 2.45 bits per heavy atom. The lowest BCUT2D eigenvalue weighted by atomic mass is 9.96. The van der Waals surface area contributed by atoms with E-state index in [1.807, 2.05) is 13.8 Å². The number of aromatic hydroxyl groups is 1. The van der Waals surface area contributed by atoms with E-state index in [-0.39, 0.29) is 30.5 Å². The minimum absolute atomic E-state index is 0.0361. The number of carboxylic acids is 1. The van der Waals surface area contributed by atoms with Crippen molar-refractivity contribution in [2.24, 2.45) is 11.8 Å². The van der Waals surface area contributed by atoms with Gasteiger partial charge in [0.15, 0.2) is 0 Å². The number of nitrogens with one attached hydrogen (secondary N) is 1. The Bertz CT molecular complexity index is 471.